The first-order chi connectivity index (χ1) is 8.73. The van der Waals surface area contributed by atoms with Crippen molar-refractivity contribution in [1.29, 1.82) is 0 Å². The lowest BCUT2D eigenvalue weighted by Gasteiger charge is -2.19. The van der Waals surface area contributed by atoms with Crippen LogP contribution < -0.4 is 5.32 Å². The van der Waals surface area contributed by atoms with E-state index in [0.717, 1.165) is 0 Å². The van der Waals surface area contributed by atoms with E-state index < -0.39 is 17.7 Å². The smallest absolute Gasteiger partial charge is 0.413 e. The zero-order valence-corrected chi connectivity index (χ0v) is 11.7. The Morgan fingerprint density at radius 3 is 2.42 bits per heavy atom. The number of aromatic nitrogens is 1. The molecule has 19 heavy (non-hydrogen) atoms. The van der Waals surface area contributed by atoms with Crippen molar-refractivity contribution in [3.05, 3.63) is 23.4 Å². The van der Waals surface area contributed by atoms with Gasteiger partial charge < -0.3 is 9.47 Å². The van der Waals surface area contributed by atoms with Crippen molar-refractivity contribution in [3.63, 3.8) is 0 Å². The highest BCUT2D eigenvalue weighted by Gasteiger charge is 2.18. The Bertz CT molecular complexity index is 492. The van der Waals surface area contributed by atoms with Gasteiger partial charge in [0.25, 0.3) is 0 Å². The van der Waals surface area contributed by atoms with Crippen LogP contribution in [0.2, 0.25) is 0 Å². The molecule has 1 N–H and O–H groups in total. The summed E-state index contributed by atoms with van der Waals surface area (Å²) in [6, 6.07) is 3.26. The van der Waals surface area contributed by atoms with E-state index in [1.54, 1.807) is 39.8 Å². The maximum atomic E-state index is 11.6. The third-order valence-electron chi connectivity index (χ3n) is 2.10. The first-order valence-corrected chi connectivity index (χ1v) is 5.79. The molecule has 6 heteroatoms. The van der Waals surface area contributed by atoms with Gasteiger partial charge in [-0.2, -0.15) is 0 Å². The molecule has 6 nitrogen and oxygen atoms in total. The average Bonchev–Trinajstić information content (AvgIpc) is 2.28. The van der Waals surface area contributed by atoms with Crippen molar-refractivity contribution in [1.82, 2.24) is 4.98 Å². The molecule has 1 aromatic rings. The number of nitrogens with one attached hydrogen (secondary N) is 1. The summed E-state index contributed by atoms with van der Waals surface area (Å²) in [4.78, 5) is 27.1. The van der Waals surface area contributed by atoms with Crippen LogP contribution in [-0.2, 0) is 9.47 Å². The highest BCUT2D eigenvalue weighted by atomic mass is 16.6. The Labute approximate surface area is 112 Å². The summed E-state index contributed by atoms with van der Waals surface area (Å²) in [5.41, 5.74) is 0.234. The van der Waals surface area contributed by atoms with Gasteiger partial charge in [-0.15, -0.1) is 0 Å². The lowest BCUT2D eigenvalue weighted by Crippen LogP contribution is -2.27. The zero-order valence-electron chi connectivity index (χ0n) is 11.7. The number of hydrogen-bond donors (Lipinski definition) is 1. The van der Waals surface area contributed by atoms with Gasteiger partial charge in [0.2, 0.25) is 0 Å². The second kappa shape index (κ2) is 5.69. The van der Waals surface area contributed by atoms with Gasteiger partial charge in [0.15, 0.2) is 5.69 Å². The Balaban J connectivity index is 2.86. The lowest BCUT2D eigenvalue weighted by atomic mass is 10.2. The zero-order chi connectivity index (χ0) is 14.6. The van der Waals surface area contributed by atoms with Gasteiger partial charge in [-0.25, -0.2) is 14.6 Å². The Hall–Kier alpha value is -2.11. The molecule has 0 atom stereocenters. The fraction of sp³-hybridized carbons (Fsp3) is 0.462. The molecule has 1 rings (SSSR count). The van der Waals surface area contributed by atoms with Crippen LogP contribution in [0.15, 0.2) is 12.1 Å². The van der Waals surface area contributed by atoms with Gasteiger partial charge in [0, 0.05) is 0 Å². The number of methoxy groups -OCH3 is 1. The Kier molecular flexibility index (Phi) is 4.47. The molecule has 0 spiro atoms. The lowest BCUT2D eigenvalue weighted by molar-refractivity contribution is 0.0588. The number of nitrogens with zero attached hydrogens (tertiary/aromatic N) is 1. The molecule has 1 amide bonds. The van der Waals surface area contributed by atoms with E-state index in [2.05, 4.69) is 15.0 Å². The molecule has 0 aliphatic rings. The van der Waals surface area contributed by atoms with Crippen molar-refractivity contribution in [2.45, 2.75) is 33.3 Å². The third-order valence-corrected chi connectivity index (χ3v) is 2.10. The number of aryl methyl sites for hydroxylation is 1. The van der Waals surface area contributed by atoms with E-state index >= 15 is 0 Å². The minimum atomic E-state index is -0.625. The second-order valence-corrected chi connectivity index (χ2v) is 4.98. The average molecular weight is 266 g/mol. The molecule has 104 valence electrons. The number of carbonyl (C=O) groups excluding carboxylic acids is 2. The van der Waals surface area contributed by atoms with Crippen LogP contribution >= 0.6 is 0 Å². The fourth-order valence-corrected chi connectivity index (χ4v) is 1.31. The number of ether oxygens (including phenoxy) is 2. The maximum absolute atomic E-state index is 11.6. The number of amides is 1. The summed E-state index contributed by atoms with van der Waals surface area (Å²) in [5, 5.41) is 2.46. The van der Waals surface area contributed by atoms with E-state index in [9.17, 15) is 9.59 Å². The molecule has 0 aliphatic carbocycles. The van der Waals surface area contributed by atoms with Crippen LogP contribution in [0.1, 0.15) is 36.8 Å². The largest absolute Gasteiger partial charge is 0.464 e. The Morgan fingerprint density at radius 1 is 1.26 bits per heavy atom. The van der Waals surface area contributed by atoms with Crippen molar-refractivity contribution in [2.24, 2.45) is 0 Å². The highest BCUT2D eigenvalue weighted by molar-refractivity contribution is 5.90. The van der Waals surface area contributed by atoms with E-state index in [-0.39, 0.29) is 11.5 Å². The summed E-state index contributed by atoms with van der Waals surface area (Å²) in [7, 11) is 1.28. The van der Waals surface area contributed by atoms with Gasteiger partial charge in [-0.3, -0.25) is 5.32 Å². The highest BCUT2D eigenvalue weighted by Crippen LogP contribution is 2.13. The summed E-state index contributed by atoms with van der Waals surface area (Å²) in [5.74, 6) is -0.314. The first kappa shape index (κ1) is 14.9. The second-order valence-electron chi connectivity index (χ2n) is 4.98. The minimum Gasteiger partial charge on any atom is -0.464 e. The molecule has 0 unspecified atom stereocenters. The topological polar surface area (TPSA) is 77.5 Å². The molecule has 0 bridgehead atoms. The number of carbonyl (C=O) groups is 2. The van der Waals surface area contributed by atoms with Gasteiger partial charge in [0.1, 0.15) is 11.4 Å². The van der Waals surface area contributed by atoms with Crippen LogP contribution in [0, 0.1) is 6.92 Å². The van der Waals surface area contributed by atoms with Crippen LogP contribution in [0.25, 0.3) is 0 Å². The molecule has 0 aromatic carbocycles. The normalized spacial score (nSPS) is 10.8. The van der Waals surface area contributed by atoms with Gasteiger partial charge >= 0.3 is 12.1 Å². The van der Waals surface area contributed by atoms with Gasteiger partial charge in [0.05, 0.1) is 7.11 Å². The van der Waals surface area contributed by atoms with Gasteiger partial charge in [-0.05, 0) is 39.3 Å². The number of rotatable bonds is 2. The molecular formula is C13H18N2O4. The molecule has 0 aliphatic heterocycles. The predicted molar refractivity (Wildman–Crippen MR) is 70.2 cm³/mol. The number of pyridine rings is 1. The molecule has 0 saturated heterocycles. The van der Waals surface area contributed by atoms with E-state index in [1.165, 1.54) is 7.11 Å². The van der Waals surface area contributed by atoms with E-state index in [0.29, 0.717) is 5.56 Å². The molecule has 0 fully saturated rings. The molecule has 1 aromatic heterocycles. The quantitative estimate of drug-likeness (QED) is 0.832. The van der Waals surface area contributed by atoms with Crippen molar-refractivity contribution < 1.29 is 19.1 Å². The third kappa shape index (κ3) is 4.57. The summed E-state index contributed by atoms with van der Waals surface area (Å²) >= 11 is 0. The van der Waals surface area contributed by atoms with Gasteiger partial charge in [-0.1, -0.05) is 6.07 Å². The predicted octanol–water partition coefficient (Wildman–Crippen LogP) is 2.52. The monoisotopic (exact) mass is 266 g/mol. The van der Waals surface area contributed by atoms with Crippen LogP contribution in [-0.4, -0.2) is 29.8 Å². The summed E-state index contributed by atoms with van der Waals surface area (Å²) in [6.45, 7) is 7.01. The molecule has 0 radical (unpaired) electrons. The number of hydrogen-bond acceptors (Lipinski definition) is 5. The van der Waals surface area contributed by atoms with E-state index in [4.69, 9.17) is 4.74 Å². The maximum Gasteiger partial charge on any atom is 0.413 e. The standard InChI is InChI=1S/C13H18N2O4/c1-8-6-7-9(14-10(8)11(16)18-5)15-12(17)19-13(2,3)4/h6-7H,1-5H3,(H,14,15,17). The SMILES string of the molecule is COC(=O)c1nc(NC(=O)OC(C)(C)C)ccc1C. The van der Waals surface area contributed by atoms with Crippen molar-refractivity contribution in [2.75, 3.05) is 12.4 Å². The summed E-state index contributed by atoms with van der Waals surface area (Å²) in [6.07, 6.45) is -0.625. The van der Waals surface area contributed by atoms with Crippen LogP contribution in [0.4, 0.5) is 10.6 Å². The number of anilines is 1. The van der Waals surface area contributed by atoms with Crippen LogP contribution in [0.5, 0.6) is 0 Å². The molecule has 0 saturated carbocycles. The van der Waals surface area contributed by atoms with Crippen molar-refractivity contribution in [3.8, 4) is 0 Å². The Morgan fingerprint density at radius 2 is 1.89 bits per heavy atom. The first-order valence-electron chi connectivity index (χ1n) is 5.79. The fourth-order valence-electron chi connectivity index (χ4n) is 1.31. The minimum absolute atomic E-state index is 0.163. The number of esters is 1. The van der Waals surface area contributed by atoms with Crippen molar-refractivity contribution >= 4 is 17.9 Å². The van der Waals surface area contributed by atoms with E-state index in [1.807, 2.05) is 0 Å². The van der Waals surface area contributed by atoms with Crippen LogP contribution in [0.3, 0.4) is 0 Å². The molecule has 1 heterocycles. The molecular weight excluding hydrogens is 248 g/mol. The summed E-state index contributed by atoms with van der Waals surface area (Å²) < 4.78 is 9.70.